The first-order valence-electron chi connectivity index (χ1n) is 12.0. The minimum Gasteiger partial charge on any atom is -0.465 e. The number of hydrogen-bond donors (Lipinski definition) is 2. The molecule has 0 radical (unpaired) electrons. The van der Waals surface area contributed by atoms with Gasteiger partial charge in [0, 0.05) is 12.4 Å². The number of aliphatic hydroxyl groups is 1. The Hall–Kier alpha value is -3.69. The molecule has 190 valence electrons. The molecule has 0 aliphatic heterocycles. The second kappa shape index (κ2) is 9.99. The van der Waals surface area contributed by atoms with Crippen LogP contribution in [-0.4, -0.2) is 33.1 Å². The van der Waals surface area contributed by atoms with Gasteiger partial charge in [-0.3, -0.25) is 0 Å². The number of fused-ring (bicyclic) bond motifs is 1. The molecule has 0 saturated carbocycles. The second-order valence-corrected chi connectivity index (χ2v) is 10.3. The van der Waals surface area contributed by atoms with Gasteiger partial charge in [-0.2, -0.15) is 0 Å². The van der Waals surface area contributed by atoms with Crippen molar-refractivity contribution in [2.24, 2.45) is 0 Å². The van der Waals surface area contributed by atoms with E-state index in [2.05, 4.69) is 15.3 Å². The van der Waals surface area contributed by atoms with Gasteiger partial charge in [0.2, 0.25) is 0 Å². The minimum atomic E-state index is -1.25. The summed E-state index contributed by atoms with van der Waals surface area (Å²) in [6.07, 6.45) is 4.27. The predicted octanol–water partition coefficient (Wildman–Crippen LogP) is 6.04. The van der Waals surface area contributed by atoms with Crippen molar-refractivity contribution in [3.63, 3.8) is 0 Å². The highest BCUT2D eigenvalue weighted by Crippen LogP contribution is 2.43. The molecule has 0 spiro atoms. The van der Waals surface area contributed by atoms with Crippen LogP contribution in [0.25, 0.3) is 10.6 Å². The topological polar surface area (TPSA) is 97.2 Å². The van der Waals surface area contributed by atoms with Crippen LogP contribution in [0.3, 0.4) is 0 Å². The third kappa shape index (κ3) is 4.97. The molecule has 2 N–H and O–H groups in total. The lowest BCUT2D eigenvalue weighted by molar-refractivity contribution is 0.0583. The molecule has 1 unspecified atom stereocenters. The van der Waals surface area contributed by atoms with E-state index in [1.54, 1.807) is 42.7 Å². The van der Waals surface area contributed by atoms with Gasteiger partial charge in [0.25, 0.3) is 0 Å². The number of halogens is 1. The van der Waals surface area contributed by atoms with Crippen molar-refractivity contribution in [3.8, 4) is 10.6 Å². The molecule has 3 aromatic heterocycles. The maximum atomic E-state index is 13.7. The van der Waals surface area contributed by atoms with E-state index >= 15 is 0 Å². The van der Waals surface area contributed by atoms with Gasteiger partial charge in [0.15, 0.2) is 0 Å². The van der Waals surface area contributed by atoms with E-state index in [4.69, 9.17) is 9.72 Å². The van der Waals surface area contributed by atoms with Crippen molar-refractivity contribution in [3.05, 3.63) is 87.7 Å². The number of alkyl halides is 1. The largest absolute Gasteiger partial charge is 0.465 e. The van der Waals surface area contributed by atoms with E-state index in [-0.39, 0.29) is 0 Å². The zero-order valence-corrected chi connectivity index (χ0v) is 21.6. The number of aromatic nitrogens is 3. The minimum absolute atomic E-state index is 0.399. The number of methoxy groups -OCH3 is 1. The van der Waals surface area contributed by atoms with E-state index in [0.717, 1.165) is 34.4 Å². The summed E-state index contributed by atoms with van der Waals surface area (Å²) in [5.74, 6) is 0.693. The van der Waals surface area contributed by atoms with Crippen LogP contribution in [0.2, 0.25) is 0 Å². The molecule has 7 nitrogen and oxygen atoms in total. The zero-order chi connectivity index (χ0) is 26.2. The number of pyridine rings is 2. The Morgan fingerprint density at radius 1 is 1.19 bits per heavy atom. The SMILES string of the molecule is COC(=O)c1ccc2c(c1)CCC[C@@]2(O)c1ncc(-c2cc(C)cc(Nc3cc(C(C)F)ccn3)n2)s1. The van der Waals surface area contributed by atoms with Gasteiger partial charge in [0.1, 0.15) is 28.4 Å². The van der Waals surface area contributed by atoms with E-state index in [1.165, 1.54) is 25.4 Å². The standard InChI is InChI=1S/C28H27FN4O3S/c1-16-11-22(32-25(12-16)33-24-14-18(17(2)29)8-10-30-24)23-15-31-27(37-23)28(35)9-4-5-19-13-20(26(34)36-3)6-7-21(19)28/h6-8,10-15,17,35H,4-5,9H2,1-3H3,(H,30,32,33)/t17?,28-/m0/s1. The maximum absolute atomic E-state index is 13.7. The molecule has 0 amide bonds. The first-order valence-corrected chi connectivity index (χ1v) is 12.8. The fraction of sp³-hybridized carbons (Fsp3) is 0.286. The van der Waals surface area contributed by atoms with Crippen LogP contribution < -0.4 is 5.32 Å². The molecule has 9 heteroatoms. The summed E-state index contributed by atoms with van der Waals surface area (Å²) in [7, 11) is 1.35. The highest BCUT2D eigenvalue weighted by Gasteiger charge is 2.39. The lowest BCUT2D eigenvalue weighted by Gasteiger charge is -2.33. The molecule has 37 heavy (non-hydrogen) atoms. The highest BCUT2D eigenvalue weighted by molar-refractivity contribution is 7.15. The number of anilines is 2. The van der Waals surface area contributed by atoms with Gasteiger partial charge in [-0.15, -0.1) is 11.3 Å². The number of nitrogens with zero attached hydrogens (tertiary/aromatic N) is 3. The van der Waals surface area contributed by atoms with Gasteiger partial charge < -0.3 is 15.2 Å². The van der Waals surface area contributed by atoms with Gasteiger partial charge in [-0.05, 0) is 91.8 Å². The summed E-state index contributed by atoms with van der Waals surface area (Å²) in [6.45, 7) is 3.45. The summed E-state index contributed by atoms with van der Waals surface area (Å²) >= 11 is 1.39. The van der Waals surface area contributed by atoms with E-state index < -0.39 is 17.7 Å². The van der Waals surface area contributed by atoms with Crippen molar-refractivity contribution in [2.75, 3.05) is 12.4 Å². The van der Waals surface area contributed by atoms with Crippen LogP contribution in [0.15, 0.2) is 54.9 Å². The Balaban J connectivity index is 1.45. The number of aryl methyl sites for hydroxylation is 2. The first kappa shape index (κ1) is 25.0. The number of carbonyl (C=O) groups is 1. The number of rotatable bonds is 6. The molecule has 4 aromatic rings. The molecule has 3 heterocycles. The Morgan fingerprint density at radius 3 is 2.81 bits per heavy atom. The number of thiazole rings is 1. The van der Waals surface area contributed by atoms with Crippen LogP contribution >= 0.6 is 11.3 Å². The maximum Gasteiger partial charge on any atom is 0.337 e. The number of carbonyl (C=O) groups excluding carboxylic acids is 1. The highest BCUT2D eigenvalue weighted by atomic mass is 32.1. The number of nitrogens with one attached hydrogen (secondary N) is 1. The smallest absolute Gasteiger partial charge is 0.337 e. The number of ether oxygens (including phenoxy) is 1. The summed E-state index contributed by atoms with van der Waals surface area (Å²) in [5, 5.41) is 15.5. The van der Waals surface area contributed by atoms with Gasteiger partial charge in [-0.25, -0.2) is 24.1 Å². The van der Waals surface area contributed by atoms with Crippen molar-refractivity contribution < 1.29 is 19.0 Å². The van der Waals surface area contributed by atoms with Gasteiger partial charge in [-0.1, -0.05) is 6.07 Å². The Labute approximate surface area is 218 Å². The molecule has 2 atom stereocenters. The summed E-state index contributed by atoms with van der Waals surface area (Å²) in [4.78, 5) is 26.4. The zero-order valence-electron chi connectivity index (χ0n) is 20.8. The quantitative estimate of drug-likeness (QED) is 0.300. The van der Waals surface area contributed by atoms with Crippen molar-refractivity contribution in [1.82, 2.24) is 15.0 Å². The monoisotopic (exact) mass is 518 g/mol. The summed E-state index contributed by atoms with van der Waals surface area (Å²) in [5.41, 5.74) is 3.14. The van der Waals surface area contributed by atoms with Crippen LogP contribution in [0.1, 0.15) is 63.6 Å². The molecule has 0 fully saturated rings. The fourth-order valence-corrected chi connectivity index (χ4v) is 5.68. The average Bonchev–Trinajstić information content (AvgIpc) is 3.39. The van der Waals surface area contributed by atoms with E-state index in [0.29, 0.717) is 39.9 Å². The molecule has 0 bridgehead atoms. The third-order valence-electron chi connectivity index (χ3n) is 6.54. The van der Waals surface area contributed by atoms with Gasteiger partial charge in [0.05, 0.1) is 23.2 Å². The average molecular weight is 519 g/mol. The molecule has 1 aliphatic carbocycles. The van der Waals surface area contributed by atoms with Crippen molar-refractivity contribution in [1.29, 1.82) is 0 Å². The van der Waals surface area contributed by atoms with E-state index in [1.807, 2.05) is 19.1 Å². The van der Waals surface area contributed by atoms with Crippen LogP contribution in [0, 0.1) is 6.92 Å². The number of hydrogen-bond acceptors (Lipinski definition) is 8. The summed E-state index contributed by atoms with van der Waals surface area (Å²) < 4.78 is 18.6. The lowest BCUT2D eigenvalue weighted by Crippen LogP contribution is -2.32. The Bertz CT molecular complexity index is 1470. The van der Waals surface area contributed by atoms with Crippen molar-refractivity contribution >= 4 is 28.9 Å². The van der Waals surface area contributed by atoms with E-state index in [9.17, 15) is 14.3 Å². The summed E-state index contributed by atoms with van der Waals surface area (Å²) in [6, 6.07) is 12.4. The third-order valence-corrected chi connectivity index (χ3v) is 7.71. The Kier molecular flexibility index (Phi) is 6.74. The number of esters is 1. The second-order valence-electron chi connectivity index (χ2n) is 9.24. The molecule has 1 aromatic carbocycles. The lowest BCUT2D eigenvalue weighted by atomic mass is 9.79. The van der Waals surface area contributed by atoms with Gasteiger partial charge >= 0.3 is 5.97 Å². The molecular weight excluding hydrogens is 491 g/mol. The fourth-order valence-electron chi connectivity index (χ4n) is 4.68. The van der Waals surface area contributed by atoms with Crippen molar-refractivity contribution in [2.45, 2.75) is 44.9 Å². The molecular formula is C28H27FN4O3S. The normalized spacial score (nSPS) is 17.6. The predicted molar refractivity (Wildman–Crippen MR) is 141 cm³/mol. The molecule has 5 rings (SSSR count). The number of benzene rings is 1. The molecule has 1 aliphatic rings. The van der Waals surface area contributed by atoms with Crippen LogP contribution in [0.4, 0.5) is 16.0 Å². The Morgan fingerprint density at radius 2 is 2.03 bits per heavy atom. The molecule has 0 saturated heterocycles. The first-order chi connectivity index (χ1) is 17.8. The van der Waals surface area contributed by atoms with Crippen LogP contribution in [0.5, 0.6) is 0 Å². The van der Waals surface area contributed by atoms with Crippen LogP contribution in [-0.2, 0) is 16.8 Å².